The minimum atomic E-state index is -0.638. The Morgan fingerprint density at radius 3 is 2.50 bits per heavy atom. The molecule has 2 rings (SSSR count). The van der Waals surface area contributed by atoms with Gasteiger partial charge in [0.15, 0.2) is 0 Å². The first-order valence-corrected chi connectivity index (χ1v) is 5.67. The molecular weight excluding hydrogens is 238 g/mol. The molecule has 0 unspecified atom stereocenters. The van der Waals surface area contributed by atoms with E-state index in [4.69, 9.17) is 5.26 Å². The summed E-state index contributed by atoms with van der Waals surface area (Å²) in [5.41, 5.74) is -0.595. The normalized spacial score (nSPS) is 15.8. The van der Waals surface area contributed by atoms with Crippen LogP contribution in [0.3, 0.4) is 0 Å². The summed E-state index contributed by atoms with van der Waals surface area (Å²) < 4.78 is 27.3. The number of halogens is 2. The lowest BCUT2D eigenvalue weighted by molar-refractivity contribution is -0.120. The molecule has 0 aliphatic heterocycles. The van der Waals surface area contributed by atoms with Gasteiger partial charge in [0.25, 0.3) is 0 Å². The van der Waals surface area contributed by atoms with Crippen molar-refractivity contribution in [3.05, 3.63) is 35.4 Å². The molecular formula is C13H12F2N2O. The zero-order valence-electron chi connectivity index (χ0n) is 9.67. The zero-order chi connectivity index (χ0) is 13.2. The topological polar surface area (TPSA) is 52.9 Å². The Morgan fingerprint density at radius 2 is 2.00 bits per heavy atom. The van der Waals surface area contributed by atoms with Crippen LogP contribution in [0.1, 0.15) is 24.8 Å². The molecule has 1 N–H and O–H groups in total. The van der Waals surface area contributed by atoms with Crippen molar-refractivity contribution in [3.63, 3.8) is 0 Å². The quantitative estimate of drug-likeness (QED) is 0.888. The number of benzene rings is 1. The third kappa shape index (κ3) is 2.33. The van der Waals surface area contributed by atoms with E-state index >= 15 is 0 Å². The summed E-state index contributed by atoms with van der Waals surface area (Å²) in [4.78, 5) is 11.2. The summed E-state index contributed by atoms with van der Waals surface area (Å²) in [5, 5.41) is 10.9. The maximum atomic E-state index is 13.7. The summed E-state index contributed by atoms with van der Waals surface area (Å²) in [6.45, 7) is 0.172. The van der Waals surface area contributed by atoms with E-state index < -0.39 is 23.0 Å². The number of rotatable bonds is 4. The number of hydrogen-bond acceptors (Lipinski definition) is 2. The van der Waals surface area contributed by atoms with Gasteiger partial charge in [-0.15, -0.1) is 0 Å². The van der Waals surface area contributed by atoms with E-state index in [-0.39, 0.29) is 18.5 Å². The van der Waals surface area contributed by atoms with Crippen LogP contribution in [0.25, 0.3) is 0 Å². The summed E-state index contributed by atoms with van der Waals surface area (Å²) in [6, 6.07) is 5.48. The van der Waals surface area contributed by atoms with Crippen LogP contribution >= 0.6 is 0 Å². The summed E-state index contributed by atoms with van der Waals surface area (Å²) in [5.74, 6) is -1.58. The fraction of sp³-hybridized carbons (Fsp3) is 0.385. The first kappa shape index (κ1) is 12.5. The maximum Gasteiger partial charge on any atom is 0.234 e. The number of amides is 1. The van der Waals surface area contributed by atoms with E-state index in [0.717, 1.165) is 0 Å². The molecule has 1 amide bonds. The van der Waals surface area contributed by atoms with Crippen molar-refractivity contribution in [2.45, 2.75) is 24.7 Å². The van der Waals surface area contributed by atoms with Gasteiger partial charge in [-0.2, -0.15) is 5.26 Å². The highest BCUT2D eigenvalue weighted by Crippen LogP contribution is 2.49. The molecule has 1 aromatic rings. The maximum absolute atomic E-state index is 13.7. The average Bonchev–Trinajstić information content (AvgIpc) is 3.08. The number of nitrogens with zero attached hydrogens (tertiary/aromatic N) is 1. The standard InChI is InChI=1S/C13H12F2N2O/c14-9-2-1-3-10(15)12(9)13(5-6-13)8-17-11(18)4-7-16/h1-3H,4-6,8H2,(H,17,18). The van der Waals surface area contributed by atoms with Gasteiger partial charge in [-0.3, -0.25) is 4.79 Å². The Labute approximate surface area is 103 Å². The lowest BCUT2D eigenvalue weighted by Crippen LogP contribution is -2.32. The van der Waals surface area contributed by atoms with E-state index in [1.54, 1.807) is 6.07 Å². The van der Waals surface area contributed by atoms with Crippen molar-refractivity contribution in [1.82, 2.24) is 5.32 Å². The van der Waals surface area contributed by atoms with Crippen LogP contribution in [-0.2, 0) is 10.2 Å². The van der Waals surface area contributed by atoms with E-state index in [1.165, 1.54) is 18.2 Å². The van der Waals surface area contributed by atoms with Gasteiger partial charge in [-0.1, -0.05) is 6.07 Å². The third-order valence-electron chi connectivity index (χ3n) is 3.21. The molecule has 5 heteroatoms. The van der Waals surface area contributed by atoms with Crippen LogP contribution in [0, 0.1) is 23.0 Å². The van der Waals surface area contributed by atoms with Gasteiger partial charge in [-0.25, -0.2) is 8.78 Å². The van der Waals surface area contributed by atoms with E-state index in [0.29, 0.717) is 12.8 Å². The fourth-order valence-corrected chi connectivity index (χ4v) is 2.07. The second-order valence-corrected chi connectivity index (χ2v) is 4.49. The van der Waals surface area contributed by atoms with Crippen molar-refractivity contribution >= 4 is 5.91 Å². The first-order valence-electron chi connectivity index (χ1n) is 5.67. The molecule has 1 saturated carbocycles. The van der Waals surface area contributed by atoms with Crippen LogP contribution in [0.5, 0.6) is 0 Å². The molecule has 0 heterocycles. The minimum Gasteiger partial charge on any atom is -0.354 e. The Bertz CT molecular complexity index is 498. The monoisotopic (exact) mass is 250 g/mol. The van der Waals surface area contributed by atoms with Crippen molar-refractivity contribution < 1.29 is 13.6 Å². The highest BCUT2D eigenvalue weighted by Gasteiger charge is 2.47. The molecule has 0 spiro atoms. The van der Waals surface area contributed by atoms with Crippen LogP contribution in [0.4, 0.5) is 8.78 Å². The Hall–Kier alpha value is -1.96. The summed E-state index contributed by atoms with van der Waals surface area (Å²) in [6.07, 6.45) is 1.03. The van der Waals surface area contributed by atoms with Gasteiger partial charge in [0.05, 0.1) is 6.07 Å². The zero-order valence-corrected chi connectivity index (χ0v) is 9.67. The fourth-order valence-electron chi connectivity index (χ4n) is 2.07. The molecule has 1 aliphatic rings. The number of nitrogens with one attached hydrogen (secondary N) is 1. The highest BCUT2D eigenvalue weighted by molar-refractivity contribution is 5.78. The van der Waals surface area contributed by atoms with Crippen molar-refractivity contribution in [1.29, 1.82) is 5.26 Å². The minimum absolute atomic E-state index is 0.0438. The lowest BCUT2D eigenvalue weighted by atomic mass is 9.94. The molecule has 0 bridgehead atoms. The molecule has 1 fully saturated rings. The smallest absolute Gasteiger partial charge is 0.234 e. The third-order valence-corrected chi connectivity index (χ3v) is 3.21. The van der Waals surface area contributed by atoms with Gasteiger partial charge in [0.1, 0.15) is 18.1 Å². The molecule has 94 valence electrons. The van der Waals surface area contributed by atoms with Gasteiger partial charge in [-0.05, 0) is 25.0 Å². The van der Waals surface area contributed by atoms with Gasteiger partial charge < -0.3 is 5.32 Å². The molecule has 1 aliphatic carbocycles. The van der Waals surface area contributed by atoms with Gasteiger partial charge in [0.2, 0.25) is 5.91 Å². The van der Waals surface area contributed by atoms with Crippen molar-refractivity contribution in [2.24, 2.45) is 0 Å². The summed E-state index contributed by atoms with van der Waals surface area (Å²) >= 11 is 0. The number of carbonyl (C=O) groups excluding carboxylic acids is 1. The number of hydrogen-bond donors (Lipinski definition) is 1. The van der Waals surface area contributed by atoms with E-state index in [9.17, 15) is 13.6 Å². The van der Waals surface area contributed by atoms with Crippen LogP contribution in [0.2, 0.25) is 0 Å². The Morgan fingerprint density at radius 1 is 1.39 bits per heavy atom. The van der Waals surface area contributed by atoms with Gasteiger partial charge in [0, 0.05) is 17.5 Å². The lowest BCUT2D eigenvalue weighted by Gasteiger charge is -2.17. The van der Waals surface area contributed by atoms with Crippen LogP contribution < -0.4 is 5.32 Å². The van der Waals surface area contributed by atoms with Crippen LogP contribution in [-0.4, -0.2) is 12.5 Å². The van der Waals surface area contributed by atoms with E-state index in [1.807, 2.05) is 0 Å². The second-order valence-electron chi connectivity index (χ2n) is 4.49. The predicted octanol–water partition coefficient (Wildman–Crippen LogP) is 2.03. The molecule has 0 aromatic heterocycles. The first-order chi connectivity index (χ1) is 8.59. The second kappa shape index (κ2) is 4.73. The molecule has 3 nitrogen and oxygen atoms in total. The molecule has 0 atom stereocenters. The predicted molar refractivity (Wildman–Crippen MR) is 60.5 cm³/mol. The van der Waals surface area contributed by atoms with Crippen molar-refractivity contribution in [2.75, 3.05) is 6.54 Å². The molecule has 18 heavy (non-hydrogen) atoms. The average molecular weight is 250 g/mol. The molecule has 0 saturated heterocycles. The molecule has 1 aromatic carbocycles. The SMILES string of the molecule is N#CCC(=O)NCC1(c2c(F)cccc2F)CC1. The summed E-state index contributed by atoms with van der Waals surface area (Å²) in [7, 11) is 0. The number of carbonyl (C=O) groups is 1. The molecule has 0 radical (unpaired) electrons. The largest absolute Gasteiger partial charge is 0.354 e. The van der Waals surface area contributed by atoms with Gasteiger partial charge >= 0.3 is 0 Å². The number of nitriles is 1. The van der Waals surface area contributed by atoms with Crippen LogP contribution in [0.15, 0.2) is 18.2 Å². The highest BCUT2D eigenvalue weighted by atomic mass is 19.1. The Kier molecular flexibility index (Phi) is 3.28. The Balaban J connectivity index is 2.13. The van der Waals surface area contributed by atoms with Crippen molar-refractivity contribution in [3.8, 4) is 6.07 Å². The van der Waals surface area contributed by atoms with E-state index in [2.05, 4.69) is 5.32 Å².